The van der Waals surface area contributed by atoms with Gasteiger partial charge in [0, 0.05) is 5.69 Å². The number of aryl methyl sites for hydroxylation is 1. The molecule has 3 heterocycles. The van der Waals surface area contributed by atoms with Crippen LogP contribution in [0.5, 0.6) is 0 Å². The molecule has 0 bridgehead atoms. The normalized spacial score (nSPS) is 11.7. The van der Waals surface area contributed by atoms with Crippen molar-refractivity contribution in [1.29, 1.82) is 0 Å². The maximum atomic E-state index is 13.3. The average Bonchev–Trinajstić information content (AvgIpc) is 3.33. The van der Waals surface area contributed by atoms with Gasteiger partial charge in [-0.15, -0.1) is 11.3 Å². The van der Waals surface area contributed by atoms with E-state index in [0.717, 1.165) is 10.4 Å². The standard InChI is InChI=1S/C22H23N5O2S/c1-14-7-5-8-15(11-14)24-18(28)13-26-21(29)20-16(12-23-27(20)22(2,3)4)19(25-26)17-9-6-10-30-17/h5-12H,13H2,1-4H3,(H,24,28). The Hall–Kier alpha value is -3.26. The minimum absolute atomic E-state index is 0.184. The van der Waals surface area contributed by atoms with Gasteiger partial charge in [-0.2, -0.15) is 10.2 Å². The molecule has 0 aliphatic rings. The zero-order chi connectivity index (χ0) is 21.5. The molecule has 0 fully saturated rings. The second-order valence-electron chi connectivity index (χ2n) is 8.20. The number of anilines is 1. The third-order valence-electron chi connectivity index (χ3n) is 4.67. The Morgan fingerprint density at radius 2 is 2.00 bits per heavy atom. The molecule has 8 heteroatoms. The fourth-order valence-electron chi connectivity index (χ4n) is 3.34. The number of rotatable bonds is 4. The van der Waals surface area contributed by atoms with E-state index in [1.54, 1.807) is 10.9 Å². The number of hydrogen-bond acceptors (Lipinski definition) is 5. The Morgan fingerprint density at radius 3 is 2.67 bits per heavy atom. The molecule has 154 valence electrons. The second kappa shape index (κ2) is 7.53. The number of carbonyl (C=O) groups excluding carboxylic acids is 1. The van der Waals surface area contributed by atoms with E-state index in [0.29, 0.717) is 22.3 Å². The topological polar surface area (TPSA) is 81.8 Å². The lowest BCUT2D eigenvalue weighted by molar-refractivity contribution is -0.117. The Kier molecular flexibility index (Phi) is 5.03. The predicted molar refractivity (Wildman–Crippen MR) is 120 cm³/mol. The van der Waals surface area contributed by atoms with Crippen LogP contribution in [0.15, 0.2) is 52.8 Å². The monoisotopic (exact) mass is 421 g/mol. The van der Waals surface area contributed by atoms with Gasteiger partial charge in [0.15, 0.2) is 0 Å². The Labute approximate surface area is 178 Å². The molecule has 0 aliphatic carbocycles. The van der Waals surface area contributed by atoms with Gasteiger partial charge in [0.25, 0.3) is 5.56 Å². The van der Waals surface area contributed by atoms with Crippen LogP contribution in [0.2, 0.25) is 0 Å². The van der Waals surface area contributed by atoms with Crippen LogP contribution in [0.4, 0.5) is 5.69 Å². The molecule has 0 atom stereocenters. The van der Waals surface area contributed by atoms with E-state index in [1.165, 1.54) is 16.0 Å². The summed E-state index contributed by atoms with van der Waals surface area (Å²) < 4.78 is 2.94. The second-order valence-corrected chi connectivity index (χ2v) is 9.14. The number of nitrogens with one attached hydrogen (secondary N) is 1. The fraction of sp³-hybridized carbons (Fsp3) is 0.273. The molecule has 30 heavy (non-hydrogen) atoms. The average molecular weight is 422 g/mol. The van der Waals surface area contributed by atoms with Gasteiger partial charge in [-0.3, -0.25) is 14.3 Å². The van der Waals surface area contributed by atoms with Crippen molar-refractivity contribution in [2.75, 3.05) is 5.32 Å². The number of thiophene rings is 1. The van der Waals surface area contributed by atoms with Gasteiger partial charge in [-0.05, 0) is 56.8 Å². The highest BCUT2D eigenvalue weighted by atomic mass is 32.1. The van der Waals surface area contributed by atoms with E-state index in [-0.39, 0.29) is 18.0 Å². The minimum Gasteiger partial charge on any atom is -0.324 e. The van der Waals surface area contributed by atoms with E-state index in [4.69, 9.17) is 0 Å². The van der Waals surface area contributed by atoms with Gasteiger partial charge < -0.3 is 5.32 Å². The van der Waals surface area contributed by atoms with Gasteiger partial charge in [0.1, 0.15) is 17.8 Å². The van der Waals surface area contributed by atoms with E-state index >= 15 is 0 Å². The third kappa shape index (κ3) is 3.78. The van der Waals surface area contributed by atoms with Crippen LogP contribution in [0.25, 0.3) is 21.5 Å². The summed E-state index contributed by atoms with van der Waals surface area (Å²) in [5.41, 5.74) is 2.10. The highest BCUT2D eigenvalue weighted by Gasteiger charge is 2.24. The van der Waals surface area contributed by atoms with E-state index in [9.17, 15) is 9.59 Å². The molecule has 4 aromatic rings. The van der Waals surface area contributed by atoms with Crippen LogP contribution in [-0.2, 0) is 16.9 Å². The molecule has 0 radical (unpaired) electrons. The van der Waals surface area contributed by atoms with Crippen molar-refractivity contribution < 1.29 is 4.79 Å². The fourth-order valence-corrected chi connectivity index (χ4v) is 4.06. The van der Waals surface area contributed by atoms with Crippen LogP contribution in [0.3, 0.4) is 0 Å². The van der Waals surface area contributed by atoms with E-state index < -0.39 is 5.54 Å². The van der Waals surface area contributed by atoms with E-state index in [2.05, 4.69) is 15.5 Å². The van der Waals surface area contributed by atoms with Gasteiger partial charge in [-0.25, -0.2) is 4.68 Å². The van der Waals surface area contributed by atoms with Gasteiger partial charge >= 0.3 is 0 Å². The highest BCUT2D eigenvalue weighted by molar-refractivity contribution is 7.13. The first kappa shape index (κ1) is 20.0. The molecule has 0 aliphatic heterocycles. The van der Waals surface area contributed by atoms with E-state index in [1.807, 2.05) is 69.5 Å². The number of amides is 1. The molecule has 1 aromatic carbocycles. The molecule has 0 unspecified atom stereocenters. The summed E-state index contributed by atoms with van der Waals surface area (Å²) in [4.78, 5) is 26.9. The number of hydrogen-bond donors (Lipinski definition) is 1. The van der Waals surface area contributed by atoms with Crippen LogP contribution >= 0.6 is 11.3 Å². The number of benzene rings is 1. The lowest BCUT2D eigenvalue weighted by Gasteiger charge is -2.20. The molecule has 1 amide bonds. The lowest BCUT2D eigenvalue weighted by atomic mass is 10.1. The predicted octanol–water partition coefficient (Wildman–Crippen LogP) is 4.02. The van der Waals surface area contributed by atoms with Crippen LogP contribution in [0, 0.1) is 6.92 Å². The molecule has 0 saturated heterocycles. The number of nitrogens with zero attached hydrogens (tertiary/aromatic N) is 4. The van der Waals surface area contributed by atoms with Gasteiger partial charge in [-0.1, -0.05) is 18.2 Å². The van der Waals surface area contributed by atoms with Crippen LogP contribution in [0.1, 0.15) is 26.3 Å². The summed E-state index contributed by atoms with van der Waals surface area (Å²) in [6, 6.07) is 11.4. The summed E-state index contributed by atoms with van der Waals surface area (Å²) in [5, 5.41) is 14.5. The third-order valence-corrected chi connectivity index (χ3v) is 5.54. The van der Waals surface area contributed by atoms with Crippen LogP contribution < -0.4 is 10.9 Å². The summed E-state index contributed by atoms with van der Waals surface area (Å²) in [6.07, 6.45) is 1.68. The van der Waals surface area contributed by atoms with Crippen LogP contribution in [-0.4, -0.2) is 25.5 Å². The van der Waals surface area contributed by atoms with Gasteiger partial charge in [0.05, 0.1) is 22.0 Å². The molecule has 0 spiro atoms. The molecule has 7 nitrogen and oxygen atoms in total. The zero-order valence-corrected chi connectivity index (χ0v) is 18.2. The zero-order valence-electron chi connectivity index (χ0n) is 17.3. The molecule has 1 N–H and O–H groups in total. The van der Waals surface area contributed by atoms with Crippen molar-refractivity contribution in [3.8, 4) is 10.6 Å². The number of fused-ring (bicyclic) bond motifs is 1. The molecular formula is C22H23N5O2S. The first-order chi connectivity index (χ1) is 14.2. The van der Waals surface area contributed by atoms with Crippen molar-refractivity contribution >= 4 is 33.8 Å². The number of aromatic nitrogens is 4. The van der Waals surface area contributed by atoms with Crippen molar-refractivity contribution in [3.05, 3.63) is 63.9 Å². The smallest absolute Gasteiger partial charge is 0.293 e. The minimum atomic E-state index is -0.392. The molecule has 4 rings (SSSR count). The van der Waals surface area contributed by atoms with Crippen molar-refractivity contribution in [1.82, 2.24) is 19.6 Å². The Morgan fingerprint density at radius 1 is 1.20 bits per heavy atom. The van der Waals surface area contributed by atoms with Crippen molar-refractivity contribution in [2.24, 2.45) is 0 Å². The highest BCUT2D eigenvalue weighted by Crippen LogP contribution is 2.30. The quantitative estimate of drug-likeness (QED) is 0.539. The van der Waals surface area contributed by atoms with Crippen molar-refractivity contribution in [3.63, 3.8) is 0 Å². The maximum Gasteiger partial charge on any atom is 0.293 e. The summed E-state index contributed by atoms with van der Waals surface area (Å²) >= 11 is 1.53. The number of carbonyl (C=O) groups is 1. The lowest BCUT2D eigenvalue weighted by Crippen LogP contribution is -2.33. The first-order valence-electron chi connectivity index (χ1n) is 9.64. The van der Waals surface area contributed by atoms with Gasteiger partial charge in [0.2, 0.25) is 5.91 Å². The first-order valence-corrected chi connectivity index (χ1v) is 10.5. The summed E-state index contributed by atoms with van der Waals surface area (Å²) in [7, 11) is 0. The Balaban J connectivity index is 1.80. The molecule has 0 saturated carbocycles. The maximum absolute atomic E-state index is 13.3. The largest absolute Gasteiger partial charge is 0.324 e. The Bertz CT molecular complexity index is 1280. The SMILES string of the molecule is Cc1cccc(NC(=O)Cn2nc(-c3cccs3)c3cnn(C(C)(C)C)c3c2=O)c1. The summed E-state index contributed by atoms with van der Waals surface area (Å²) in [5.74, 6) is -0.312. The summed E-state index contributed by atoms with van der Waals surface area (Å²) in [6.45, 7) is 7.73. The molecule has 3 aromatic heterocycles. The molecular weight excluding hydrogens is 398 g/mol. The van der Waals surface area contributed by atoms with Crippen molar-refractivity contribution in [2.45, 2.75) is 39.8 Å².